The van der Waals surface area contributed by atoms with Gasteiger partial charge in [0.05, 0.1) is 12.5 Å². The van der Waals surface area contributed by atoms with Crippen molar-refractivity contribution in [2.24, 2.45) is 5.73 Å². The standard InChI is InChI=1S/C15H20N2O4/c1-21-12(8-16)7-14(18)17-9-11-5-3-2-4-10(11)6-13(17)15(19)20/h2-5,12-13H,6-9,16H2,1H3,(H,19,20)/t12?,13-/m1/s1. The van der Waals surface area contributed by atoms with Crippen molar-refractivity contribution in [1.82, 2.24) is 4.90 Å². The van der Waals surface area contributed by atoms with E-state index in [1.807, 2.05) is 24.3 Å². The predicted octanol–water partition coefficient (Wildman–Crippen LogP) is 0.388. The van der Waals surface area contributed by atoms with Gasteiger partial charge in [0.2, 0.25) is 5.91 Å². The number of rotatable bonds is 5. The Balaban J connectivity index is 2.20. The molecule has 0 spiro atoms. The largest absolute Gasteiger partial charge is 0.480 e. The second kappa shape index (κ2) is 6.69. The molecule has 0 aliphatic carbocycles. The van der Waals surface area contributed by atoms with E-state index < -0.39 is 12.0 Å². The van der Waals surface area contributed by atoms with Gasteiger partial charge in [0, 0.05) is 26.6 Å². The molecule has 6 nitrogen and oxygen atoms in total. The van der Waals surface area contributed by atoms with Gasteiger partial charge in [-0.05, 0) is 11.1 Å². The number of amides is 1. The first-order valence-corrected chi connectivity index (χ1v) is 6.88. The molecule has 1 unspecified atom stereocenters. The van der Waals surface area contributed by atoms with Crippen LogP contribution in [-0.2, 0) is 27.3 Å². The topological polar surface area (TPSA) is 92.9 Å². The van der Waals surface area contributed by atoms with Gasteiger partial charge >= 0.3 is 5.97 Å². The van der Waals surface area contributed by atoms with E-state index in [0.717, 1.165) is 11.1 Å². The molecule has 0 fully saturated rings. The summed E-state index contributed by atoms with van der Waals surface area (Å²) in [5.74, 6) is -1.23. The summed E-state index contributed by atoms with van der Waals surface area (Å²) >= 11 is 0. The molecule has 1 aromatic rings. The lowest BCUT2D eigenvalue weighted by atomic mass is 9.93. The summed E-state index contributed by atoms with van der Waals surface area (Å²) in [6.07, 6.45) is 0.0420. The molecule has 1 aliphatic heterocycles. The number of methoxy groups -OCH3 is 1. The van der Waals surface area contributed by atoms with E-state index in [0.29, 0.717) is 13.0 Å². The van der Waals surface area contributed by atoms with E-state index in [1.165, 1.54) is 12.0 Å². The van der Waals surface area contributed by atoms with Gasteiger partial charge < -0.3 is 20.5 Å². The zero-order chi connectivity index (χ0) is 15.4. The van der Waals surface area contributed by atoms with E-state index in [9.17, 15) is 14.7 Å². The van der Waals surface area contributed by atoms with E-state index in [-0.39, 0.29) is 25.0 Å². The van der Waals surface area contributed by atoms with E-state index >= 15 is 0 Å². The predicted molar refractivity (Wildman–Crippen MR) is 76.6 cm³/mol. The number of carbonyl (C=O) groups is 2. The number of ether oxygens (including phenoxy) is 1. The lowest BCUT2D eigenvalue weighted by Crippen LogP contribution is -2.49. The molecule has 114 valence electrons. The Bertz CT molecular complexity index is 528. The Labute approximate surface area is 123 Å². The molecule has 0 bridgehead atoms. The molecule has 6 heteroatoms. The Hall–Kier alpha value is -1.92. The third kappa shape index (κ3) is 3.40. The quantitative estimate of drug-likeness (QED) is 0.819. The fourth-order valence-electron chi connectivity index (χ4n) is 2.58. The maximum Gasteiger partial charge on any atom is 0.326 e. The molecule has 1 aliphatic rings. The molecule has 2 rings (SSSR count). The lowest BCUT2D eigenvalue weighted by Gasteiger charge is -2.35. The number of hydrogen-bond acceptors (Lipinski definition) is 4. The van der Waals surface area contributed by atoms with E-state index in [2.05, 4.69) is 0 Å². The highest BCUT2D eigenvalue weighted by Crippen LogP contribution is 2.24. The summed E-state index contributed by atoms with van der Waals surface area (Å²) in [7, 11) is 1.49. The SMILES string of the molecule is COC(CN)CC(=O)N1Cc2ccccc2C[C@@H]1C(=O)O. The summed E-state index contributed by atoms with van der Waals surface area (Å²) in [5, 5.41) is 9.38. The van der Waals surface area contributed by atoms with Crippen molar-refractivity contribution in [2.45, 2.75) is 31.5 Å². The third-order valence-electron chi connectivity index (χ3n) is 3.85. The second-order valence-corrected chi connectivity index (χ2v) is 5.15. The summed E-state index contributed by atoms with van der Waals surface area (Å²) < 4.78 is 5.11. The molecule has 0 saturated heterocycles. The molecular formula is C15H20N2O4. The molecule has 0 radical (unpaired) electrons. The van der Waals surface area contributed by atoms with Crippen molar-refractivity contribution in [3.05, 3.63) is 35.4 Å². The zero-order valence-corrected chi connectivity index (χ0v) is 12.0. The van der Waals surface area contributed by atoms with Crippen LogP contribution in [0.5, 0.6) is 0 Å². The van der Waals surface area contributed by atoms with Crippen LogP contribution < -0.4 is 5.73 Å². The molecule has 3 N–H and O–H groups in total. The van der Waals surface area contributed by atoms with Crippen molar-refractivity contribution < 1.29 is 19.4 Å². The number of nitrogens with two attached hydrogens (primary N) is 1. The number of carboxylic acids is 1. The van der Waals surface area contributed by atoms with Crippen molar-refractivity contribution in [1.29, 1.82) is 0 Å². The molecule has 2 atom stereocenters. The third-order valence-corrected chi connectivity index (χ3v) is 3.85. The van der Waals surface area contributed by atoms with E-state index in [1.54, 1.807) is 0 Å². The summed E-state index contributed by atoms with van der Waals surface area (Å²) in [5.41, 5.74) is 7.49. The molecule has 0 saturated carbocycles. The highest BCUT2D eigenvalue weighted by molar-refractivity contribution is 5.84. The summed E-state index contributed by atoms with van der Waals surface area (Å²) in [6.45, 7) is 0.539. The lowest BCUT2D eigenvalue weighted by molar-refractivity contribution is -0.152. The minimum Gasteiger partial charge on any atom is -0.480 e. The maximum absolute atomic E-state index is 12.4. The first kappa shape index (κ1) is 15.5. The number of carbonyl (C=O) groups excluding carboxylic acids is 1. The van der Waals surface area contributed by atoms with Gasteiger partial charge in [-0.1, -0.05) is 24.3 Å². The van der Waals surface area contributed by atoms with Crippen molar-refractivity contribution in [3.8, 4) is 0 Å². The molecule has 1 aromatic carbocycles. The Morgan fingerprint density at radius 3 is 2.67 bits per heavy atom. The number of benzene rings is 1. The number of fused-ring (bicyclic) bond motifs is 1. The molecule has 1 amide bonds. The van der Waals surface area contributed by atoms with Gasteiger partial charge in [0.15, 0.2) is 0 Å². The first-order valence-electron chi connectivity index (χ1n) is 6.88. The summed E-state index contributed by atoms with van der Waals surface area (Å²) in [4.78, 5) is 25.2. The monoisotopic (exact) mass is 292 g/mol. The smallest absolute Gasteiger partial charge is 0.326 e. The Morgan fingerprint density at radius 1 is 1.43 bits per heavy atom. The second-order valence-electron chi connectivity index (χ2n) is 5.15. The Kier molecular flexibility index (Phi) is 4.93. The van der Waals surface area contributed by atoms with Gasteiger partial charge in [0.25, 0.3) is 0 Å². The fourth-order valence-corrected chi connectivity index (χ4v) is 2.58. The average Bonchev–Trinajstić information content (AvgIpc) is 2.50. The Morgan fingerprint density at radius 2 is 2.10 bits per heavy atom. The average molecular weight is 292 g/mol. The summed E-state index contributed by atoms with van der Waals surface area (Å²) in [6, 6.07) is 6.77. The fraction of sp³-hybridized carbons (Fsp3) is 0.467. The van der Waals surface area contributed by atoms with Crippen LogP contribution in [0.4, 0.5) is 0 Å². The zero-order valence-electron chi connectivity index (χ0n) is 12.0. The van der Waals surface area contributed by atoms with Crippen molar-refractivity contribution >= 4 is 11.9 Å². The van der Waals surface area contributed by atoms with Crippen LogP contribution in [0.1, 0.15) is 17.5 Å². The number of carboxylic acid groups (broad SMARTS) is 1. The number of aliphatic carboxylic acids is 1. The van der Waals surface area contributed by atoms with Crippen molar-refractivity contribution in [3.63, 3.8) is 0 Å². The normalized spacial score (nSPS) is 19.0. The van der Waals surface area contributed by atoms with Gasteiger partial charge in [-0.15, -0.1) is 0 Å². The van der Waals surface area contributed by atoms with Crippen LogP contribution in [0.25, 0.3) is 0 Å². The maximum atomic E-state index is 12.4. The van der Waals surface area contributed by atoms with Crippen LogP contribution in [0.15, 0.2) is 24.3 Å². The van der Waals surface area contributed by atoms with Crippen LogP contribution in [0, 0.1) is 0 Å². The van der Waals surface area contributed by atoms with Gasteiger partial charge in [-0.3, -0.25) is 4.79 Å². The van der Waals surface area contributed by atoms with Gasteiger partial charge in [-0.25, -0.2) is 4.79 Å². The molecule has 0 aromatic heterocycles. The van der Waals surface area contributed by atoms with Gasteiger partial charge in [-0.2, -0.15) is 0 Å². The first-order chi connectivity index (χ1) is 10.1. The minimum absolute atomic E-state index is 0.0962. The number of nitrogens with zero attached hydrogens (tertiary/aromatic N) is 1. The highest BCUT2D eigenvalue weighted by atomic mass is 16.5. The van der Waals surface area contributed by atoms with Crippen LogP contribution >= 0.6 is 0 Å². The number of hydrogen-bond donors (Lipinski definition) is 2. The van der Waals surface area contributed by atoms with Crippen LogP contribution in [0.2, 0.25) is 0 Å². The van der Waals surface area contributed by atoms with Gasteiger partial charge in [0.1, 0.15) is 6.04 Å². The van der Waals surface area contributed by atoms with Crippen LogP contribution in [-0.4, -0.2) is 47.7 Å². The van der Waals surface area contributed by atoms with Crippen LogP contribution in [0.3, 0.4) is 0 Å². The minimum atomic E-state index is -0.987. The molecule has 1 heterocycles. The van der Waals surface area contributed by atoms with E-state index in [4.69, 9.17) is 10.5 Å². The van der Waals surface area contributed by atoms with Crippen molar-refractivity contribution in [2.75, 3.05) is 13.7 Å². The molecule has 21 heavy (non-hydrogen) atoms. The molecular weight excluding hydrogens is 272 g/mol. The highest BCUT2D eigenvalue weighted by Gasteiger charge is 2.34.